The zero-order valence-electron chi connectivity index (χ0n) is 30.8. The van der Waals surface area contributed by atoms with Gasteiger partial charge in [0.2, 0.25) is 5.91 Å². The second kappa shape index (κ2) is 17.0. The third-order valence-electron chi connectivity index (χ3n) is 11.0. The number of amides is 2. The predicted molar refractivity (Wildman–Crippen MR) is 206 cm³/mol. The molecule has 3 heterocycles. The Morgan fingerprint density at radius 2 is 1.96 bits per heavy atom. The van der Waals surface area contributed by atoms with Crippen LogP contribution >= 0.6 is 11.6 Å². The monoisotopic (exact) mass is 749 g/mol. The quantitative estimate of drug-likeness (QED) is 0.259. The summed E-state index contributed by atoms with van der Waals surface area (Å²) in [7, 11) is -1.79. The molecule has 0 radical (unpaired) electrons. The highest BCUT2D eigenvalue weighted by Crippen LogP contribution is 2.42. The van der Waals surface area contributed by atoms with Crippen LogP contribution in [0.2, 0.25) is 5.02 Å². The minimum absolute atomic E-state index is 0.0678. The standard InChI is InChI=1S/C40H52ClN5O5S/c1-5-46-21-20-34(42-46)16-19-39(47)43-52(49)28(3)27(2)9-8-11-37(50-4)35-17-13-32(35)26-45-25-31-12-15-33(41)23-29(31)10-6-7-22-51-38-18-14-30(24-36(38)45)40(48)44-52/h8,11-12,14-15,18,20-21,23-24,27-28,32,35,37H,5-7,9-10,13,16-17,19,22,25-26H2,1-4H3,(H,43,44,47,48,49)/b11-8+/t27-,28+,32-,35+,37-,52?/m0/s1. The summed E-state index contributed by atoms with van der Waals surface area (Å²) in [5.41, 5.74) is 4.24. The lowest BCUT2D eigenvalue weighted by atomic mass is 9.70. The first-order chi connectivity index (χ1) is 25.1. The fourth-order valence-electron chi connectivity index (χ4n) is 7.47. The summed E-state index contributed by atoms with van der Waals surface area (Å²) in [6, 6.07) is 13.3. The van der Waals surface area contributed by atoms with E-state index in [1.807, 2.05) is 44.3 Å². The highest BCUT2D eigenvalue weighted by Gasteiger charge is 2.38. The van der Waals surface area contributed by atoms with Crippen LogP contribution in [0.3, 0.4) is 0 Å². The SMILES string of the molecule is CCn1ccc(CCC(=O)NS2(=O)=NC(=O)c3ccc4c(c3)N(Cc3ccc(Cl)cc3CCCCO4)C[C@@H]3CC[C@H]3[C@@H](OC)/C=C/C[C@H](C)[C@H]2C)n1. The van der Waals surface area contributed by atoms with Gasteiger partial charge in [-0.2, -0.15) is 5.10 Å². The number of aromatic nitrogens is 2. The topological polar surface area (TPSA) is 115 Å². The summed E-state index contributed by atoms with van der Waals surface area (Å²) >= 11 is 6.48. The van der Waals surface area contributed by atoms with Crippen LogP contribution in [0, 0.1) is 17.8 Å². The summed E-state index contributed by atoms with van der Waals surface area (Å²) < 4.78 is 36.2. The summed E-state index contributed by atoms with van der Waals surface area (Å²) in [5.74, 6) is 0.136. The summed E-state index contributed by atoms with van der Waals surface area (Å²) in [6.07, 6.45) is 11.9. The molecule has 6 atom stereocenters. The fraction of sp³-hybridized carbons (Fsp3) is 0.525. The van der Waals surface area contributed by atoms with Crippen molar-refractivity contribution in [2.45, 2.75) is 96.6 Å². The molecule has 2 aromatic carbocycles. The van der Waals surface area contributed by atoms with Crippen LogP contribution in [-0.2, 0) is 45.4 Å². The van der Waals surface area contributed by atoms with Crippen molar-refractivity contribution in [1.82, 2.24) is 14.5 Å². The van der Waals surface area contributed by atoms with Crippen LogP contribution in [0.5, 0.6) is 5.75 Å². The molecule has 2 amide bonds. The van der Waals surface area contributed by atoms with E-state index in [0.717, 1.165) is 56.6 Å². The lowest BCUT2D eigenvalue weighted by molar-refractivity contribution is -0.119. The number of nitrogens with one attached hydrogen (secondary N) is 1. The number of aryl methyl sites for hydroxylation is 3. The molecule has 1 unspecified atom stereocenters. The molecule has 280 valence electrons. The number of halogens is 1. The molecule has 3 aliphatic rings. The summed E-state index contributed by atoms with van der Waals surface area (Å²) in [6.45, 7) is 8.38. The van der Waals surface area contributed by atoms with Crippen LogP contribution in [0.15, 0.2) is 65.2 Å². The molecule has 1 fully saturated rings. The van der Waals surface area contributed by atoms with Gasteiger partial charge in [-0.05, 0) is 118 Å². The second-order valence-electron chi connectivity index (χ2n) is 14.5. The van der Waals surface area contributed by atoms with E-state index < -0.39 is 27.0 Å². The van der Waals surface area contributed by atoms with Gasteiger partial charge in [0, 0.05) is 56.4 Å². The Hall–Kier alpha value is -3.67. The molecular weight excluding hydrogens is 698 g/mol. The summed E-state index contributed by atoms with van der Waals surface area (Å²) in [5, 5.41) is 4.55. The number of carbonyl (C=O) groups is 2. The molecule has 3 aromatic rings. The highest BCUT2D eigenvalue weighted by molar-refractivity contribution is 7.93. The van der Waals surface area contributed by atoms with Gasteiger partial charge in [0.25, 0.3) is 5.91 Å². The number of fused-ring (bicyclic) bond motifs is 3. The third kappa shape index (κ3) is 8.92. The normalized spacial score (nSPS) is 27.4. The Kier molecular flexibility index (Phi) is 12.4. The minimum Gasteiger partial charge on any atom is -0.491 e. The Balaban J connectivity index is 1.41. The van der Waals surface area contributed by atoms with Gasteiger partial charge < -0.3 is 14.4 Å². The van der Waals surface area contributed by atoms with E-state index in [0.29, 0.717) is 48.6 Å². The maximum Gasteiger partial charge on any atom is 0.286 e. The van der Waals surface area contributed by atoms with Crippen molar-refractivity contribution in [3.8, 4) is 5.75 Å². The van der Waals surface area contributed by atoms with E-state index in [-0.39, 0.29) is 24.0 Å². The number of hydrogen-bond acceptors (Lipinski definition) is 7. The van der Waals surface area contributed by atoms with Crippen molar-refractivity contribution >= 4 is 39.0 Å². The van der Waals surface area contributed by atoms with E-state index in [4.69, 9.17) is 21.1 Å². The van der Waals surface area contributed by atoms with Gasteiger partial charge in [-0.1, -0.05) is 36.7 Å². The van der Waals surface area contributed by atoms with Crippen LogP contribution in [-0.4, -0.2) is 57.4 Å². The lowest BCUT2D eigenvalue weighted by Crippen LogP contribution is -2.43. The fourth-order valence-corrected chi connectivity index (χ4v) is 9.58. The van der Waals surface area contributed by atoms with Gasteiger partial charge in [-0.15, -0.1) is 4.36 Å². The second-order valence-corrected chi connectivity index (χ2v) is 17.2. The molecule has 2 aliphatic heterocycles. The van der Waals surface area contributed by atoms with E-state index in [1.54, 1.807) is 24.8 Å². The molecule has 0 spiro atoms. The molecule has 10 nitrogen and oxygen atoms in total. The van der Waals surface area contributed by atoms with Crippen molar-refractivity contribution in [2.24, 2.45) is 22.1 Å². The molecule has 1 aromatic heterocycles. The van der Waals surface area contributed by atoms with Crippen molar-refractivity contribution in [2.75, 3.05) is 25.2 Å². The van der Waals surface area contributed by atoms with Crippen LogP contribution < -0.4 is 14.4 Å². The molecular formula is C40H52ClN5O5S. The number of anilines is 1. The maximum absolute atomic E-state index is 14.8. The predicted octanol–water partition coefficient (Wildman–Crippen LogP) is 7.58. The van der Waals surface area contributed by atoms with E-state index in [9.17, 15) is 13.8 Å². The van der Waals surface area contributed by atoms with E-state index in [2.05, 4.69) is 43.4 Å². The lowest BCUT2D eigenvalue weighted by Gasteiger charge is -2.43. The van der Waals surface area contributed by atoms with Gasteiger partial charge in [0.05, 0.1) is 29.3 Å². The van der Waals surface area contributed by atoms with Crippen molar-refractivity contribution in [1.29, 1.82) is 0 Å². The third-order valence-corrected chi connectivity index (χ3v) is 13.7. The molecule has 0 saturated heterocycles. The largest absolute Gasteiger partial charge is 0.491 e. The zero-order chi connectivity index (χ0) is 36.8. The summed E-state index contributed by atoms with van der Waals surface area (Å²) in [4.78, 5) is 29.8. The van der Waals surface area contributed by atoms with Crippen LogP contribution in [0.1, 0.15) is 86.5 Å². The highest BCUT2D eigenvalue weighted by atomic mass is 35.5. The van der Waals surface area contributed by atoms with Gasteiger partial charge in [-0.3, -0.25) is 19.0 Å². The molecule has 52 heavy (non-hydrogen) atoms. The minimum atomic E-state index is -3.55. The Labute approximate surface area is 313 Å². The smallest absolute Gasteiger partial charge is 0.286 e. The number of nitrogens with zero attached hydrogens (tertiary/aromatic N) is 4. The average Bonchev–Trinajstić information content (AvgIpc) is 3.58. The number of allylic oxidation sites excluding steroid dienone is 1. The molecule has 1 aliphatic carbocycles. The zero-order valence-corrected chi connectivity index (χ0v) is 32.3. The number of methoxy groups -OCH3 is 1. The van der Waals surface area contributed by atoms with Crippen molar-refractivity contribution < 1.29 is 23.3 Å². The van der Waals surface area contributed by atoms with Gasteiger partial charge in [0.1, 0.15) is 15.7 Å². The Morgan fingerprint density at radius 1 is 1.12 bits per heavy atom. The van der Waals surface area contributed by atoms with E-state index in [1.165, 1.54) is 11.1 Å². The molecule has 1 N–H and O–H groups in total. The Morgan fingerprint density at radius 3 is 2.71 bits per heavy atom. The number of rotatable bonds is 6. The Bertz CT molecular complexity index is 1900. The molecule has 6 rings (SSSR count). The first-order valence-corrected chi connectivity index (χ1v) is 20.6. The van der Waals surface area contributed by atoms with Gasteiger partial charge >= 0.3 is 0 Å². The molecule has 2 bridgehead atoms. The van der Waals surface area contributed by atoms with Crippen LogP contribution in [0.25, 0.3) is 0 Å². The van der Waals surface area contributed by atoms with Crippen molar-refractivity contribution in [3.05, 3.63) is 88.2 Å². The number of hydrogen-bond donors (Lipinski definition) is 1. The van der Waals surface area contributed by atoms with Gasteiger partial charge in [-0.25, -0.2) is 4.21 Å². The molecule has 1 saturated carbocycles. The van der Waals surface area contributed by atoms with Gasteiger partial charge in [0.15, 0.2) is 0 Å². The molecule has 12 heteroatoms. The number of benzene rings is 2. The number of carbonyl (C=O) groups excluding carboxylic acids is 2. The number of ether oxygens (including phenoxy) is 2. The first kappa shape index (κ1) is 38.1. The average molecular weight is 750 g/mol. The van der Waals surface area contributed by atoms with Crippen LogP contribution in [0.4, 0.5) is 5.69 Å². The van der Waals surface area contributed by atoms with E-state index >= 15 is 0 Å². The maximum atomic E-state index is 14.8. The first-order valence-electron chi connectivity index (χ1n) is 18.7. The van der Waals surface area contributed by atoms with Crippen molar-refractivity contribution in [3.63, 3.8) is 0 Å².